The van der Waals surface area contributed by atoms with Gasteiger partial charge in [-0.2, -0.15) is 0 Å². The second kappa shape index (κ2) is 7.68. The highest BCUT2D eigenvalue weighted by Crippen LogP contribution is 2.15. The number of hydrogen-bond donors (Lipinski definition) is 2. The molecule has 1 aromatic carbocycles. The minimum Gasteiger partial charge on any atom is -0.484 e. The third kappa shape index (κ3) is 4.35. The fraction of sp³-hybridized carbons (Fsp3) is 0.462. The molecule has 0 aliphatic heterocycles. The number of carbonyl (C=O) groups is 1. The van der Waals surface area contributed by atoms with Crippen LogP contribution in [0.1, 0.15) is 5.56 Å². The summed E-state index contributed by atoms with van der Waals surface area (Å²) in [6.07, 6.45) is 0. The molecule has 1 aromatic rings. The minimum absolute atomic E-state index is 0.0924. The second-order valence-electron chi connectivity index (χ2n) is 3.88. The Morgan fingerprint density at radius 1 is 1.22 bits per heavy atom. The van der Waals surface area contributed by atoms with Crippen LogP contribution >= 0.6 is 0 Å². The molecule has 1 rings (SSSR count). The molecule has 0 aliphatic carbocycles. The average molecular weight is 253 g/mol. The standard InChI is InChI=1S/C13H19NO4/c1-11-4-2-3-5-12(11)18-10-13(17)14(6-8-15)7-9-16/h2-5,15-16H,6-10H2,1H3. The summed E-state index contributed by atoms with van der Waals surface area (Å²) in [6, 6.07) is 7.43. The Kier molecular flexibility index (Phi) is 6.18. The minimum atomic E-state index is -0.249. The van der Waals surface area contributed by atoms with Crippen molar-refractivity contribution in [3.63, 3.8) is 0 Å². The highest BCUT2D eigenvalue weighted by atomic mass is 16.5. The molecule has 0 radical (unpaired) electrons. The van der Waals surface area contributed by atoms with Crippen molar-refractivity contribution in [3.05, 3.63) is 29.8 Å². The van der Waals surface area contributed by atoms with Gasteiger partial charge in [0.1, 0.15) is 5.75 Å². The fourth-order valence-electron chi connectivity index (χ4n) is 1.55. The van der Waals surface area contributed by atoms with Crippen molar-refractivity contribution >= 4 is 5.91 Å². The number of carbonyl (C=O) groups excluding carboxylic acids is 1. The Morgan fingerprint density at radius 2 is 1.83 bits per heavy atom. The van der Waals surface area contributed by atoms with Crippen LogP contribution in [-0.4, -0.2) is 53.9 Å². The maximum atomic E-state index is 11.8. The number of nitrogens with zero attached hydrogens (tertiary/aromatic N) is 1. The Morgan fingerprint density at radius 3 is 2.39 bits per heavy atom. The summed E-state index contributed by atoms with van der Waals surface area (Å²) in [6.45, 7) is 1.96. The third-order valence-electron chi connectivity index (χ3n) is 2.54. The van der Waals surface area contributed by atoms with E-state index in [-0.39, 0.29) is 38.8 Å². The van der Waals surface area contributed by atoms with Gasteiger partial charge in [0, 0.05) is 13.1 Å². The zero-order chi connectivity index (χ0) is 13.4. The molecule has 0 aliphatic rings. The molecule has 0 heterocycles. The van der Waals surface area contributed by atoms with Crippen LogP contribution < -0.4 is 4.74 Å². The Balaban J connectivity index is 2.51. The first-order valence-corrected chi connectivity index (χ1v) is 5.87. The predicted molar refractivity (Wildman–Crippen MR) is 67.4 cm³/mol. The highest BCUT2D eigenvalue weighted by molar-refractivity contribution is 5.77. The summed E-state index contributed by atoms with van der Waals surface area (Å²) in [7, 11) is 0. The molecular weight excluding hydrogens is 234 g/mol. The van der Waals surface area contributed by atoms with E-state index < -0.39 is 0 Å². The summed E-state index contributed by atoms with van der Waals surface area (Å²) in [5.41, 5.74) is 0.959. The van der Waals surface area contributed by atoms with Crippen LogP contribution in [0.15, 0.2) is 24.3 Å². The summed E-state index contributed by atoms with van der Waals surface area (Å²) in [5, 5.41) is 17.7. The Labute approximate surface area is 107 Å². The molecule has 2 N–H and O–H groups in total. The average Bonchev–Trinajstić information content (AvgIpc) is 2.37. The van der Waals surface area contributed by atoms with E-state index in [1.165, 1.54) is 4.90 Å². The molecule has 100 valence electrons. The monoisotopic (exact) mass is 253 g/mol. The van der Waals surface area contributed by atoms with Gasteiger partial charge < -0.3 is 19.8 Å². The molecule has 0 saturated carbocycles. The topological polar surface area (TPSA) is 70.0 Å². The van der Waals surface area contributed by atoms with Crippen molar-refractivity contribution in [1.29, 1.82) is 0 Å². The lowest BCUT2D eigenvalue weighted by Gasteiger charge is -2.20. The summed E-state index contributed by atoms with van der Waals surface area (Å²) in [5.74, 6) is 0.417. The number of rotatable bonds is 7. The second-order valence-corrected chi connectivity index (χ2v) is 3.88. The molecule has 0 spiro atoms. The normalized spacial score (nSPS) is 10.2. The quantitative estimate of drug-likeness (QED) is 0.727. The number of amides is 1. The zero-order valence-electron chi connectivity index (χ0n) is 10.5. The first kappa shape index (κ1) is 14.5. The number of ether oxygens (including phenoxy) is 1. The van der Waals surface area contributed by atoms with Crippen LogP contribution in [0.4, 0.5) is 0 Å². The molecule has 18 heavy (non-hydrogen) atoms. The maximum Gasteiger partial charge on any atom is 0.260 e. The summed E-state index contributed by atoms with van der Waals surface area (Å²) < 4.78 is 5.42. The van der Waals surface area contributed by atoms with Gasteiger partial charge in [0.25, 0.3) is 5.91 Å². The number of hydrogen-bond acceptors (Lipinski definition) is 4. The zero-order valence-corrected chi connectivity index (χ0v) is 10.5. The molecular formula is C13H19NO4. The van der Waals surface area contributed by atoms with Crippen LogP contribution in [0.2, 0.25) is 0 Å². The van der Waals surface area contributed by atoms with Crippen LogP contribution in [-0.2, 0) is 4.79 Å². The van der Waals surface area contributed by atoms with Crippen molar-refractivity contribution in [3.8, 4) is 5.75 Å². The summed E-state index contributed by atoms with van der Waals surface area (Å²) >= 11 is 0. The molecule has 0 saturated heterocycles. The number of aryl methyl sites for hydroxylation is 1. The maximum absolute atomic E-state index is 11.8. The molecule has 5 heteroatoms. The lowest BCUT2D eigenvalue weighted by atomic mass is 10.2. The smallest absolute Gasteiger partial charge is 0.260 e. The fourth-order valence-corrected chi connectivity index (χ4v) is 1.55. The van der Waals surface area contributed by atoms with Gasteiger partial charge in [-0.1, -0.05) is 18.2 Å². The number of aliphatic hydroxyl groups excluding tert-OH is 2. The third-order valence-corrected chi connectivity index (χ3v) is 2.54. The van der Waals surface area contributed by atoms with Gasteiger partial charge in [-0.05, 0) is 18.6 Å². The molecule has 5 nitrogen and oxygen atoms in total. The van der Waals surface area contributed by atoms with Gasteiger partial charge in [0.15, 0.2) is 6.61 Å². The predicted octanol–water partition coefficient (Wildman–Crippen LogP) is 0.187. The SMILES string of the molecule is Cc1ccccc1OCC(=O)N(CCO)CCO. The van der Waals surface area contributed by atoms with E-state index >= 15 is 0 Å². The van der Waals surface area contributed by atoms with E-state index in [9.17, 15) is 4.79 Å². The number of para-hydroxylation sites is 1. The molecule has 0 bridgehead atoms. The van der Waals surface area contributed by atoms with Crippen LogP contribution in [0.25, 0.3) is 0 Å². The van der Waals surface area contributed by atoms with Gasteiger partial charge in [0.2, 0.25) is 0 Å². The first-order valence-electron chi connectivity index (χ1n) is 5.87. The van der Waals surface area contributed by atoms with Gasteiger partial charge in [-0.15, -0.1) is 0 Å². The van der Waals surface area contributed by atoms with Crippen molar-refractivity contribution < 1.29 is 19.7 Å². The lowest BCUT2D eigenvalue weighted by molar-refractivity contribution is -0.134. The van der Waals surface area contributed by atoms with Crippen LogP contribution in [0, 0.1) is 6.92 Å². The molecule has 1 amide bonds. The molecule has 0 aromatic heterocycles. The highest BCUT2D eigenvalue weighted by Gasteiger charge is 2.13. The lowest BCUT2D eigenvalue weighted by Crippen LogP contribution is -2.38. The van der Waals surface area contributed by atoms with Crippen molar-refractivity contribution in [2.24, 2.45) is 0 Å². The molecule has 0 fully saturated rings. The van der Waals surface area contributed by atoms with Crippen LogP contribution in [0.5, 0.6) is 5.75 Å². The van der Waals surface area contributed by atoms with E-state index in [0.717, 1.165) is 5.56 Å². The van der Waals surface area contributed by atoms with E-state index in [4.69, 9.17) is 14.9 Å². The van der Waals surface area contributed by atoms with Gasteiger partial charge in [-0.3, -0.25) is 4.79 Å². The Hall–Kier alpha value is -1.59. The van der Waals surface area contributed by atoms with Crippen molar-refractivity contribution in [2.45, 2.75) is 6.92 Å². The van der Waals surface area contributed by atoms with Gasteiger partial charge >= 0.3 is 0 Å². The number of aliphatic hydroxyl groups is 2. The Bertz CT molecular complexity index is 375. The van der Waals surface area contributed by atoms with E-state index in [0.29, 0.717) is 5.75 Å². The summed E-state index contributed by atoms with van der Waals surface area (Å²) in [4.78, 5) is 13.2. The van der Waals surface area contributed by atoms with E-state index in [1.807, 2.05) is 25.1 Å². The van der Waals surface area contributed by atoms with Gasteiger partial charge in [0.05, 0.1) is 13.2 Å². The first-order chi connectivity index (χ1) is 8.69. The van der Waals surface area contributed by atoms with Crippen molar-refractivity contribution in [2.75, 3.05) is 32.9 Å². The van der Waals surface area contributed by atoms with Crippen molar-refractivity contribution in [1.82, 2.24) is 4.90 Å². The van der Waals surface area contributed by atoms with Gasteiger partial charge in [-0.25, -0.2) is 0 Å². The van der Waals surface area contributed by atoms with Crippen LogP contribution in [0.3, 0.4) is 0 Å². The van der Waals surface area contributed by atoms with E-state index in [1.54, 1.807) is 6.07 Å². The largest absolute Gasteiger partial charge is 0.484 e. The van der Waals surface area contributed by atoms with E-state index in [2.05, 4.69) is 0 Å². The number of benzene rings is 1. The molecule has 0 atom stereocenters. The molecule has 0 unspecified atom stereocenters.